The monoisotopic (exact) mass is 550 g/mol. The fourth-order valence-electron chi connectivity index (χ4n) is 4.38. The summed E-state index contributed by atoms with van der Waals surface area (Å²) in [5.41, 5.74) is 3.58. The number of alkyl halides is 1. The Morgan fingerprint density at radius 1 is 1.11 bits per heavy atom. The maximum Gasteiger partial charge on any atom is 0.220 e. The number of thioether (sulfide) groups is 1. The lowest BCUT2D eigenvalue weighted by molar-refractivity contribution is -0.121. The lowest BCUT2D eigenvalue weighted by atomic mass is 10.1. The highest BCUT2D eigenvalue weighted by Gasteiger charge is 2.15. The molecule has 0 saturated carbocycles. The number of aromatic nitrogens is 3. The SMILES string of the molecule is COc1ccccc1CNC(=O)CCCCc1nnc(SCC2=CC=CC(Cl)C2)n1CCc1ccccc1. The number of aryl methyl sites for hydroxylation is 2. The molecule has 1 atom stereocenters. The molecule has 0 fully saturated rings. The molecule has 6 nitrogen and oxygen atoms in total. The van der Waals surface area contributed by atoms with Crippen molar-refractivity contribution < 1.29 is 9.53 Å². The summed E-state index contributed by atoms with van der Waals surface area (Å²) in [6.07, 6.45) is 10.9. The Morgan fingerprint density at radius 3 is 2.74 bits per heavy atom. The van der Waals surface area contributed by atoms with Crippen LogP contribution < -0.4 is 10.1 Å². The van der Waals surface area contributed by atoms with Crippen molar-refractivity contribution in [2.24, 2.45) is 0 Å². The topological polar surface area (TPSA) is 69.0 Å². The van der Waals surface area contributed by atoms with Gasteiger partial charge < -0.3 is 14.6 Å². The number of hydrogen-bond acceptors (Lipinski definition) is 5. The van der Waals surface area contributed by atoms with Crippen molar-refractivity contribution in [3.63, 3.8) is 0 Å². The predicted molar refractivity (Wildman–Crippen MR) is 155 cm³/mol. The molecule has 38 heavy (non-hydrogen) atoms. The van der Waals surface area contributed by atoms with E-state index in [1.165, 1.54) is 11.1 Å². The number of rotatable bonds is 14. The molecule has 0 radical (unpaired) electrons. The second kappa shape index (κ2) is 14.8. The Kier molecular flexibility index (Phi) is 10.9. The summed E-state index contributed by atoms with van der Waals surface area (Å²) < 4.78 is 7.61. The summed E-state index contributed by atoms with van der Waals surface area (Å²) in [4.78, 5) is 12.4. The van der Waals surface area contributed by atoms with E-state index >= 15 is 0 Å². The van der Waals surface area contributed by atoms with Gasteiger partial charge in [0.2, 0.25) is 5.91 Å². The van der Waals surface area contributed by atoms with Crippen LogP contribution >= 0.6 is 23.4 Å². The first-order valence-electron chi connectivity index (χ1n) is 13.1. The van der Waals surface area contributed by atoms with Crippen molar-refractivity contribution in [2.45, 2.75) is 62.1 Å². The van der Waals surface area contributed by atoms with Gasteiger partial charge in [0, 0.05) is 37.2 Å². The number of amides is 1. The molecule has 8 heteroatoms. The quantitative estimate of drug-likeness (QED) is 0.148. The second-order valence-corrected chi connectivity index (χ2v) is 10.8. The molecule has 1 amide bonds. The molecular formula is C30H35ClN4O2S. The summed E-state index contributed by atoms with van der Waals surface area (Å²) in [7, 11) is 1.64. The van der Waals surface area contributed by atoms with Crippen molar-refractivity contribution in [3.05, 3.63) is 95.3 Å². The molecule has 200 valence electrons. The first-order valence-corrected chi connectivity index (χ1v) is 14.5. The number of nitrogens with zero attached hydrogens (tertiary/aromatic N) is 3. The molecule has 2 aromatic carbocycles. The standard InChI is InChI=1S/C30H35ClN4O2S/c1-37-27-15-6-5-13-25(27)21-32-29(36)17-8-7-16-28-33-34-30(38-22-24-12-9-14-26(31)20-24)35(28)19-18-23-10-3-2-4-11-23/h2-6,9-15,26H,7-8,16-22H2,1H3,(H,32,36). The van der Waals surface area contributed by atoms with Crippen LogP contribution in [0.4, 0.5) is 0 Å². The van der Waals surface area contributed by atoms with Gasteiger partial charge in [0.15, 0.2) is 5.16 Å². The number of hydrogen-bond donors (Lipinski definition) is 1. The van der Waals surface area contributed by atoms with Crippen molar-refractivity contribution in [1.29, 1.82) is 0 Å². The Balaban J connectivity index is 1.30. The number of nitrogens with one attached hydrogen (secondary N) is 1. The van der Waals surface area contributed by atoms with E-state index in [0.29, 0.717) is 13.0 Å². The van der Waals surface area contributed by atoms with Gasteiger partial charge in [0.1, 0.15) is 11.6 Å². The van der Waals surface area contributed by atoms with E-state index < -0.39 is 0 Å². The number of halogens is 1. The zero-order valence-electron chi connectivity index (χ0n) is 21.8. The highest BCUT2D eigenvalue weighted by molar-refractivity contribution is 7.99. The summed E-state index contributed by atoms with van der Waals surface area (Å²) in [5, 5.41) is 13.1. The molecule has 1 unspecified atom stereocenters. The minimum Gasteiger partial charge on any atom is -0.496 e. The van der Waals surface area contributed by atoms with Crippen LogP contribution in [0.25, 0.3) is 0 Å². The average Bonchev–Trinajstić information content (AvgIpc) is 3.34. The molecule has 1 aliphatic carbocycles. The number of methoxy groups -OCH3 is 1. The van der Waals surface area contributed by atoms with Crippen LogP contribution in [0.5, 0.6) is 5.75 Å². The van der Waals surface area contributed by atoms with Crippen LogP contribution in [0.15, 0.2) is 83.6 Å². The largest absolute Gasteiger partial charge is 0.496 e. The van der Waals surface area contributed by atoms with Crippen LogP contribution in [0.3, 0.4) is 0 Å². The average molecular weight is 551 g/mol. The molecular weight excluding hydrogens is 516 g/mol. The second-order valence-electron chi connectivity index (χ2n) is 9.30. The van der Waals surface area contributed by atoms with Crippen LogP contribution in [-0.4, -0.2) is 38.9 Å². The summed E-state index contributed by atoms with van der Waals surface area (Å²) in [5.74, 6) is 2.66. The van der Waals surface area contributed by atoms with Crippen molar-refractivity contribution in [1.82, 2.24) is 20.1 Å². The third-order valence-corrected chi connectivity index (χ3v) is 7.85. The van der Waals surface area contributed by atoms with Gasteiger partial charge in [-0.1, -0.05) is 84.1 Å². The highest BCUT2D eigenvalue weighted by Crippen LogP contribution is 2.26. The Hall–Kier alpha value is -3.03. The molecule has 4 rings (SSSR count). The van der Waals surface area contributed by atoms with Crippen LogP contribution in [0.1, 0.15) is 42.6 Å². The van der Waals surface area contributed by atoms with E-state index in [1.807, 2.05) is 42.5 Å². The van der Waals surface area contributed by atoms with E-state index in [1.54, 1.807) is 18.9 Å². The normalized spacial score (nSPS) is 14.8. The van der Waals surface area contributed by atoms with Crippen LogP contribution in [-0.2, 0) is 30.7 Å². The van der Waals surface area contributed by atoms with Crippen LogP contribution in [0, 0.1) is 0 Å². The number of ether oxygens (including phenoxy) is 1. The number of carbonyl (C=O) groups is 1. The fraction of sp³-hybridized carbons (Fsp3) is 0.367. The smallest absolute Gasteiger partial charge is 0.220 e. The van der Waals surface area contributed by atoms with Gasteiger partial charge in [-0.15, -0.1) is 21.8 Å². The van der Waals surface area contributed by atoms with Gasteiger partial charge >= 0.3 is 0 Å². The van der Waals surface area contributed by atoms with E-state index in [-0.39, 0.29) is 11.3 Å². The van der Waals surface area contributed by atoms with Crippen molar-refractivity contribution in [2.75, 3.05) is 12.9 Å². The minimum atomic E-state index is 0.0464. The molecule has 0 saturated heterocycles. The maximum atomic E-state index is 12.4. The fourth-order valence-corrected chi connectivity index (χ4v) is 5.65. The number of unbranched alkanes of at least 4 members (excludes halogenated alkanes) is 1. The number of benzene rings is 2. The first kappa shape index (κ1) is 28.0. The van der Waals surface area contributed by atoms with Gasteiger partial charge in [0.05, 0.1) is 12.5 Å². The molecule has 1 heterocycles. The Morgan fingerprint density at radius 2 is 1.92 bits per heavy atom. The lowest BCUT2D eigenvalue weighted by Gasteiger charge is -2.14. The number of allylic oxidation sites excluding steroid dienone is 3. The third-order valence-electron chi connectivity index (χ3n) is 6.48. The number of para-hydroxylation sites is 1. The molecule has 3 aromatic rings. The van der Waals surface area contributed by atoms with E-state index in [2.05, 4.69) is 50.4 Å². The highest BCUT2D eigenvalue weighted by atomic mass is 35.5. The molecule has 0 aliphatic heterocycles. The third kappa shape index (κ3) is 8.50. The van der Waals surface area contributed by atoms with Gasteiger partial charge in [-0.3, -0.25) is 4.79 Å². The molecule has 1 aromatic heterocycles. The van der Waals surface area contributed by atoms with Crippen molar-refractivity contribution in [3.8, 4) is 5.75 Å². The maximum absolute atomic E-state index is 12.4. The van der Waals surface area contributed by atoms with E-state index in [4.69, 9.17) is 16.3 Å². The number of carbonyl (C=O) groups excluding carboxylic acids is 1. The summed E-state index contributed by atoms with van der Waals surface area (Å²) >= 11 is 8.02. The van der Waals surface area contributed by atoms with Crippen molar-refractivity contribution >= 4 is 29.3 Å². The minimum absolute atomic E-state index is 0.0464. The summed E-state index contributed by atoms with van der Waals surface area (Å²) in [6.45, 7) is 1.29. The van der Waals surface area contributed by atoms with Gasteiger partial charge in [-0.25, -0.2) is 0 Å². The lowest BCUT2D eigenvalue weighted by Crippen LogP contribution is -2.22. The Labute approximate surface area is 234 Å². The van der Waals surface area contributed by atoms with Crippen LogP contribution in [0.2, 0.25) is 0 Å². The van der Waals surface area contributed by atoms with Gasteiger partial charge in [0.25, 0.3) is 0 Å². The summed E-state index contributed by atoms with van der Waals surface area (Å²) in [6, 6.07) is 18.2. The Bertz CT molecular complexity index is 1240. The molecule has 1 aliphatic rings. The first-order chi connectivity index (χ1) is 18.6. The zero-order chi connectivity index (χ0) is 26.6. The van der Waals surface area contributed by atoms with E-state index in [0.717, 1.165) is 66.7 Å². The molecule has 0 bridgehead atoms. The van der Waals surface area contributed by atoms with E-state index in [9.17, 15) is 4.79 Å². The zero-order valence-corrected chi connectivity index (χ0v) is 23.4. The molecule has 1 N–H and O–H groups in total. The predicted octanol–water partition coefficient (Wildman–Crippen LogP) is 6.14. The van der Waals surface area contributed by atoms with Gasteiger partial charge in [-0.2, -0.15) is 0 Å². The van der Waals surface area contributed by atoms with Gasteiger partial charge in [-0.05, 0) is 37.3 Å². The molecule has 0 spiro atoms.